The molecule has 1 amide bonds. The van der Waals surface area contributed by atoms with Gasteiger partial charge in [0, 0.05) is 10.2 Å². The molecular formula is C16H11BrF3NOS. The molecule has 23 heavy (non-hydrogen) atoms. The third-order valence-electron chi connectivity index (χ3n) is 3.45. The molecule has 1 fully saturated rings. The van der Waals surface area contributed by atoms with E-state index in [0.717, 1.165) is 22.2 Å². The number of hydrogen-bond acceptors (Lipinski definition) is 2. The summed E-state index contributed by atoms with van der Waals surface area (Å²) in [5.74, 6) is 0.0484. The lowest BCUT2D eigenvalue weighted by Gasteiger charge is -2.25. The normalized spacial score (nSPS) is 18.5. The van der Waals surface area contributed by atoms with Gasteiger partial charge in [0.1, 0.15) is 5.37 Å². The van der Waals surface area contributed by atoms with Gasteiger partial charge < -0.3 is 0 Å². The van der Waals surface area contributed by atoms with Gasteiger partial charge in [0.05, 0.1) is 11.3 Å². The van der Waals surface area contributed by atoms with Gasteiger partial charge in [-0.2, -0.15) is 13.2 Å². The minimum absolute atomic E-state index is 0.195. The lowest BCUT2D eigenvalue weighted by Crippen LogP contribution is -2.28. The van der Waals surface area contributed by atoms with Crippen LogP contribution in [-0.2, 0) is 11.0 Å². The van der Waals surface area contributed by atoms with E-state index in [1.54, 1.807) is 0 Å². The quantitative estimate of drug-likeness (QED) is 0.684. The van der Waals surface area contributed by atoms with Crippen LogP contribution in [0.15, 0.2) is 53.0 Å². The first-order valence-electron chi connectivity index (χ1n) is 6.72. The molecule has 0 aromatic heterocycles. The molecule has 120 valence electrons. The summed E-state index contributed by atoms with van der Waals surface area (Å²) in [4.78, 5) is 13.6. The van der Waals surface area contributed by atoms with Gasteiger partial charge in [0.25, 0.3) is 0 Å². The van der Waals surface area contributed by atoms with Crippen LogP contribution in [-0.4, -0.2) is 11.7 Å². The third kappa shape index (κ3) is 3.40. The molecule has 0 spiro atoms. The summed E-state index contributed by atoms with van der Waals surface area (Å²) >= 11 is 4.78. The average Bonchev–Trinajstić information content (AvgIpc) is 2.88. The molecule has 2 nitrogen and oxygen atoms in total. The van der Waals surface area contributed by atoms with Gasteiger partial charge in [0.2, 0.25) is 5.91 Å². The summed E-state index contributed by atoms with van der Waals surface area (Å²) in [6.07, 6.45) is -4.43. The molecule has 0 aliphatic carbocycles. The van der Waals surface area contributed by atoms with Crippen molar-refractivity contribution in [1.82, 2.24) is 0 Å². The van der Waals surface area contributed by atoms with Crippen molar-refractivity contribution in [3.63, 3.8) is 0 Å². The highest BCUT2D eigenvalue weighted by atomic mass is 79.9. The molecule has 0 N–H and O–H groups in total. The number of nitrogens with zero attached hydrogens (tertiary/aromatic N) is 1. The Bertz CT molecular complexity index is 750. The topological polar surface area (TPSA) is 20.3 Å². The fourth-order valence-corrected chi connectivity index (χ4v) is 4.03. The van der Waals surface area contributed by atoms with Gasteiger partial charge in [-0.3, -0.25) is 9.69 Å². The molecule has 2 aromatic carbocycles. The predicted molar refractivity (Wildman–Crippen MR) is 88.3 cm³/mol. The number of hydrogen-bond donors (Lipinski definition) is 0. The fourth-order valence-electron chi connectivity index (χ4n) is 2.44. The minimum atomic E-state index is -4.43. The highest BCUT2D eigenvalue weighted by Gasteiger charge is 2.36. The Morgan fingerprint density at radius 1 is 1.13 bits per heavy atom. The molecule has 2 aromatic rings. The Morgan fingerprint density at radius 3 is 2.57 bits per heavy atom. The maximum absolute atomic E-state index is 12.9. The zero-order valence-electron chi connectivity index (χ0n) is 11.7. The van der Waals surface area contributed by atoms with Crippen LogP contribution in [0.4, 0.5) is 18.9 Å². The SMILES string of the molecule is O=C1CS[C@@H](c2cccc(Br)c2)N1c1cccc(C(F)(F)F)c1. The van der Waals surface area contributed by atoms with Crippen LogP contribution < -0.4 is 4.90 Å². The number of anilines is 1. The Morgan fingerprint density at radius 2 is 1.87 bits per heavy atom. The van der Waals surface area contributed by atoms with Crippen LogP contribution in [0.2, 0.25) is 0 Å². The Kier molecular flexibility index (Phi) is 4.42. The number of carbonyl (C=O) groups excluding carboxylic acids is 1. The van der Waals surface area contributed by atoms with Crippen molar-refractivity contribution in [2.24, 2.45) is 0 Å². The van der Waals surface area contributed by atoms with E-state index in [-0.39, 0.29) is 22.7 Å². The Hall–Kier alpha value is -1.47. The highest BCUT2D eigenvalue weighted by Crippen LogP contribution is 2.43. The van der Waals surface area contributed by atoms with Gasteiger partial charge in [-0.25, -0.2) is 0 Å². The van der Waals surface area contributed by atoms with E-state index >= 15 is 0 Å². The molecule has 0 radical (unpaired) electrons. The van der Waals surface area contributed by atoms with E-state index in [1.165, 1.54) is 28.8 Å². The zero-order valence-corrected chi connectivity index (χ0v) is 14.1. The smallest absolute Gasteiger partial charge is 0.295 e. The summed E-state index contributed by atoms with van der Waals surface area (Å²) in [5.41, 5.74) is 0.375. The fraction of sp³-hybridized carbons (Fsp3) is 0.188. The van der Waals surface area contributed by atoms with Crippen molar-refractivity contribution in [3.05, 3.63) is 64.1 Å². The number of alkyl halides is 3. The maximum Gasteiger partial charge on any atom is 0.416 e. The summed E-state index contributed by atoms with van der Waals surface area (Å²) in [5, 5.41) is -0.330. The van der Waals surface area contributed by atoms with Crippen molar-refractivity contribution in [1.29, 1.82) is 0 Å². The number of halogens is 4. The zero-order chi connectivity index (χ0) is 16.6. The lowest BCUT2D eigenvalue weighted by molar-refractivity contribution is -0.137. The summed E-state index contributed by atoms with van der Waals surface area (Å²) in [6.45, 7) is 0. The van der Waals surface area contributed by atoms with Gasteiger partial charge >= 0.3 is 6.18 Å². The van der Waals surface area contributed by atoms with Crippen LogP contribution in [0.25, 0.3) is 0 Å². The number of benzene rings is 2. The van der Waals surface area contributed by atoms with Crippen LogP contribution >= 0.6 is 27.7 Å². The number of rotatable bonds is 2. The number of carbonyl (C=O) groups is 1. The van der Waals surface area contributed by atoms with Crippen molar-refractivity contribution in [2.45, 2.75) is 11.6 Å². The van der Waals surface area contributed by atoms with E-state index in [4.69, 9.17) is 0 Å². The van der Waals surface area contributed by atoms with E-state index in [1.807, 2.05) is 24.3 Å². The molecule has 0 saturated carbocycles. The van der Waals surface area contributed by atoms with Crippen LogP contribution in [0.5, 0.6) is 0 Å². The molecule has 1 aliphatic heterocycles. The second kappa shape index (κ2) is 6.20. The molecule has 1 saturated heterocycles. The van der Waals surface area contributed by atoms with E-state index in [2.05, 4.69) is 15.9 Å². The van der Waals surface area contributed by atoms with Crippen LogP contribution in [0, 0.1) is 0 Å². The molecule has 7 heteroatoms. The number of amides is 1. The average molecular weight is 402 g/mol. The van der Waals surface area contributed by atoms with Crippen molar-refractivity contribution >= 4 is 39.3 Å². The van der Waals surface area contributed by atoms with Crippen LogP contribution in [0.1, 0.15) is 16.5 Å². The summed E-state index contributed by atoms with van der Waals surface area (Å²) in [7, 11) is 0. The minimum Gasteiger partial charge on any atom is -0.295 e. The van der Waals surface area contributed by atoms with Gasteiger partial charge in [-0.05, 0) is 35.9 Å². The second-order valence-electron chi connectivity index (χ2n) is 5.03. The first-order valence-corrected chi connectivity index (χ1v) is 8.57. The van der Waals surface area contributed by atoms with Gasteiger partial charge in [-0.1, -0.05) is 34.1 Å². The molecule has 0 unspecified atom stereocenters. The maximum atomic E-state index is 12.9. The summed E-state index contributed by atoms with van der Waals surface area (Å²) in [6, 6.07) is 12.3. The lowest BCUT2D eigenvalue weighted by atomic mass is 10.1. The summed E-state index contributed by atoms with van der Waals surface area (Å²) < 4.78 is 39.6. The van der Waals surface area contributed by atoms with Gasteiger partial charge in [0.15, 0.2) is 0 Å². The van der Waals surface area contributed by atoms with Crippen molar-refractivity contribution in [2.75, 3.05) is 10.7 Å². The Labute approximate surface area is 143 Å². The molecule has 0 bridgehead atoms. The number of thioether (sulfide) groups is 1. The largest absolute Gasteiger partial charge is 0.416 e. The Balaban J connectivity index is 2.01. The first-order chi connectivity index (χ1) is 10.9. The predicted octanol–water partition coefficient (Wildman–Crippen LogP) is 5.25. The molecule has 1 atom stereocenters. The third-order valence-corrected chi connectivity index (χ3v) is 5.16. The molecular weight excluding hydrogens is 391 g/mol. The van der Waals surface area contributed by atoms with Crippen molar-refractivity contribution < 1.29 is 18.0 Å². The molecule has 1 heterocycles. The van der Waals surface area contributed by atoms with Crippen LogP contribution in [0.3, 0.4) is 0 Å². The van der Waals surface area contributed by atoms with E-state index in [9.17, 15) is 18.0 Å². The monoisotopic (exact) mass is 401 g/mol. The van der Waals surface area contributed by atoms with E-state index in [0.29, 0.717) is 0 Å². The molecule has 1 aliphatic rings. The standard InChI is InChI=1S/C16H11BrF3NOS/c17-12-5-1-3-10(7-12)15-21(14(22)9-23-15)13-6-2-4-11(8-13)16(18,19)20/h1-8,15H,9H2/t15-/m0/s1. The van der Waals surface area contributed by atoms with E-state index < -0.39 is 11.7 Å². The molecule has 3 rings (SSSR count). The second-order valence-corrected chi connectivity index (χ2v) is 7.01. The highest BCUT2D eigenvalue weighted by molar-refractivity contribution is 9.10. The first kappa shape index (κ1) is 16.4. The van der Waals surface area contributed by atoms with Gasteiger partial charge in [-0.15, -0.1) is 11.8 Å². The van der Waals surface area contributed by atoms with Crippen molar-refractivity contribution in [3.8, 4) is 0 Å².